The molecule has 1 amide bonds. The lowest BCUT2D eigenvalue weighted by atomic mass is 10.2. The lowest BCUT2D eigenvalue weighted by molar-refractivity contribution is -0.384. The van der Waals surface area contributed by atoms with Gasteiger partial charge in [0.1, 0.15) is 5.69 Å². The first-order valence-electron chi connectivity index (χ1n) is 10.4. The molecule has 7 nitrogen and oxygen atoms in total. The van der Waals surface area contributed by atoms with Gasteiger partial charge in [-0.15, -0.1) is 0 Å². The molecule has 8 heteroatoms. The number of amides is 1. The Morgan fingerprint density at radius 2 is 1.56 bits per heavy atom. The van der Waals surface area contributed by atoms with E-state index in [1.807, 2.05) is 65.6 Å². The molecule has 1 saturated heterocycles. The number of carbonyl (C=O) groups excluding carboxylic acids is 1. The van der Waals surface area contributed by atoms with E-state index in [2.05, 4.69) is 10.2 Å². The molecule has 0 aromatic heterocycles. The van der Waals surface area contributed by atoms with Gasteiger partial charge in [0, 0.05) is 42.0 Å². The summed E-state index contributed by atoms with van der Waals surface area (Å²) in [6.45, 7) is 2.89. The molecule has 1 aliphatic rings. The van der Waals surface area contributed by atoms with Crippen molar-refractivity contribution in [2.75, 3.05) is 42.9 Å². The van der Waals surface area contributed by atoms with Gasteiger partial charge in [0.15, 0.2) is 0 Å². The maximum atomic E-state index is 12.7. The number of carbonyl (C=O) groups is 1. The van der Waals surface area contributed by atoms with E-state index in [-0.39, 0.29) is 23.1 Å². The van der Waals surface area contributed by atoms with Crippen LogP contribution in [0.1, 0.15) is 0 Å². The molecular weight excluding hydrogens is 424 g/mol. The summed E-state index contributed by atoms with van der Waals surface area (Å²) in [6, 6.07) is 24.6. The summed E-state index contributed by atoms with van der Waals surface area (Å²) in [6.07, 6.45) is 0. The van der Waals surface area contributed by atoms with Gasteiger partial charge >= 0.3 is 0 Å². The van der Waals surface area contributed by atoms with Crippen LogP contribution in [0, 0.1) is 10.1 Å². The lowest BCUT2D eigenvalue weighted by Gasteiger charge is -2.35. The van der Waals surface area contributed by atoms with E-state index in [0.29, 0.717) is 31.9 Å². The topological polar surface area (TPSA) is 78.7 Å². The number of nitrogens with zero attached hydrogens (tertiary/aromatic N) is 3. The zero-order valence-electron chi connectivity index (χ0n) is 17.5. The van der Waals surface area contributed by atoms with Crippen molar-refractivity contribution in [2.45, 2.75) is 9.79 Å². The Bertz CT molecular complexity index is 1090. The highest BCUT2D eigenvalue weighted by Gasteiger charge is 2.24. The van der Waals surface area contributed by atoms with Crippen molar-refractivity contribution in [1.82, 2.24) is 4.90 Å². The summed E-state index contributed by atoms with van der Waals surface area (Å²) in [5, 5.41) is 14.3. The number of hydrogen-bond donors (Lipinski definition) is 1. The van der Waals surface area contributed by atoms with Crippen molar-refractivity contribution >= 4 is 34.7 Å². The van der Waals surface area contributed by atoms with Crippen LogP contribution >= 0.6 is 11.8 Å². The Labute approximate surface area is 191 Å². The van der Waals surface area contributed by atoms with Crippen LogP contribution in [-0.4, -0.2) is 48.5 Å². The Morgan fingerprint density at radius 1 is 0.906 bits per heavy atom. The Morgan fingerprint density at radius 3 is 2.31 bits per heavy atom. The van der Waals surface area contributed by atoms with E-state index >= 15 is 0 Å². The summed E-state index contributed by atoms with van der Waals surface area (Å²) >= 11 is 1.61. The number of piperazine rings is 1. The van der Waals surface area contributed by atoms with Crippen LogP contribution in [0.3, 0.4) is 0 Å². The predicted molar refractivity (Wildman–Crippen MR) is 127 cm³/mol. The number of nitrogens with one attached hydrogen (secondary N) is 1. The van der Waals surface area contributed by atoms with E-state index in [0.717, 1.165) is 15.5 Å². The van der Waals surface area contributed by atoms with Crippen LogP contribution in [0.5, 0.6) is 0 Å². The Kier molecular flexibility index (Phi) is 7.03. The number of anilines is 2. The minimum atomic E-state index is -0.347. The third-order valence-corrected chi connectivity index (χ3v) is 6.37. The highest BCUT2D eigenvalue weighted by atomic mass is 32.2. The Hall–Kier alpha value is -3.36. The molecule has 0 aliphatic carbocycles. The number of benzene rings is 3. The van der Waals surface area contributed by atoms with E-state index in [4.69, 9.17) is 0 Å². The van der Waals surface area contributed by atoms with E-state index in [1.54, 1.807) is 23.9 Å². The second-order valence-electron chi connectivity index (χ2n) is 7.47. The number of para-hydroxylation sites is 3. The largest absolute Gasteiger partial charge is 0.363 e. The summed E-state index contributed by atoms with van der Waals surface area (Å²) in [4.78, 5) is 29.9. The van der Waals surface area contributed by atoms with Crippen molar-refractivity contribution in [3.63, 3.8) is 0 Å². The molecule has 3 aromatic rings. The number of hydrogen-bond acceptors (Lipinski definition) is 6. The smallest absolute Gasteiger partial charge is 0.292 e. The molecule has 0 atom stereocenters. The van der Waals surface area contributed by atoms with Crippen molar-refractivity contribution in [3.8, 4) is 0 Å². The fraction of sp³-hybridized carbons (Fsp3) is 0.208. The molecule has 1 aliphatic heterocycles. The molecule has 0 unspecified atom stereocenters. The van der Waals surface area contributed by atoms with Crippen molar-refractivity contribution in [2.24, 2.45) is 0 Å². The van der Waals surface area contributed by atoms with Gasteiger partial charge in [0.2, 0.25) is 5.91 Å². The maximum absolute atomic E-state index is 12.7. The normalized spacial score (nSPS) is 14.2. The van der Waals surface area contributed by atoms with Crippen molar-refractivity contribution in [1.29, 1.82) is 0 Å². The maximum Gasteiger partial charge on any atom is 0.292 e. The van der Waals surface area contributed by atoms with Crippen LogP contribution < -0.4 is 10.2 Å². The fourth-order valence-electron chi connectivity index (χ4n) is 3.70. The fourth-order valence-corrected chi connectivity index (χ4v) is 4.62. The van der Waals surface area contributed by atoms with Gasteiger partial charge in [-0.3, -0.25) is 19.8 Å². The molecule has 32 heavy (non-hydrogen) atoms. The van der Waals surface area contributed by atoms with Crippen molar-refractivity contribution < 1.29 is 9.72 Å². The average molecular weight is 449 g/mol. The predicted octanol–water partition coefficient (Wildman–Crippen LogP) is 4.51. The van der Waals surface area contributed by atoms with E-state index in [1.165, 1.54) is 6.07 Å². The molecular formula is C24H24N4O3S. The lowest BCUT2D eigenvalue weighted by Crippen LogP contribution is -2.48. The van der Waals surface area contributed by atoms with Crippen LogP contribution in [0.4, 0.5) is 17.1 Å². The van der Waals surface area contributed by atoms with Crippen LogP contribution in [0.2, 0.25) is 0 Å². The first kappa shape index (κ1) is 21.9. The minimum absolute atomic E-state index is 0.0646. The standard InChI is InChI=1S/C24H24N4O3S/c29-24(25-20-10-4-7-13-23(20)32-19-8-2-1-3-9-19)18-26-14-16-27(17-15-26)21-11-5-6-12-22(21)28(30)31/h1-13H,14-18H2,(H,25,29). The molecule has 1 N–H and O–H groups in total. The molecule has 1 heterocycles. The van der Waals surface area contributed by atoms with Crippen molar-refractivity contribution in [3.05, 3.63) is 89.0 Å². The third-order valence-electron chi connectivity index (χ3n) is 5.29. The summed E-state index contributed by atoms with van der Waals surface area (Å²) in [7, 11) is 0. The molecule has 4 rings (SSSR count). The van der Waals surface area contributed by atoms with E-state index < -0.39 is 0 Å². The highest BCUT2D eigenvalue weighted by molar-refractivity contribution is 7.99. The first-order valence-corrected chi connectivity index (χ1v) is 11.2. The average Bonchev–Trinajstić information content (AvgIpc) is 2.81. The third kappa shape index (κ3) is 5.46. The second kappa shape index (κ2) is 10.3. The zero-order chi connectivity index (χ0) is 22.3. The van der Waals surface area contributed by atoms with Gasteiger partial charge < -0.3 is 10.2 Å². The number of nitro groups is 1. The molecule has 1 fully saturated rings. The molecule has 3 aromatic carbocycles. The molecule has 0 radical (unpaired) electrons. The van der Waals surface area contributed by atoms with Gasteiger partial charge in [-0.1, -0.05) is 54.2 Å². The number of nitro benzene ring substituents is 1. The Balaban J connectivity index is 1.33. The molecule has 0 saturated carbocycles. The van der Waals surface area contributed by atoms with Gasteiger partial charge in [-0.2, -0.15) is 0 Å². The summed E-state index contributed by atoms with van der Waals surface area (Å²) < 4.78 is 0. The summed E-state index contributed by atoms with van der Waals surface area (Å²) in [5.41, 5.74) is 1.55. The highest BCUT2D eigenvalue weighted by Crippen LogP contribution is 2.33. The van der Waals surface area contributed by atoms with Gasteiger partial charge in [0.25, 0.3) is 5.69 Å². The van der Waals surface area contributed by atoms with Crippen LogP contribution in [0.25, 0.3) is 0 Å². The molecule has 164 valence electrons. The molecule has 0 spiro atoms. The van der Waals surface area contributed by atoms with Gasteiger partial charge in [-0.05, 0) is 30.3 Å². The quantitative estimate of drug-likeness (QED) is 0.423. The van der Waals surface area contributed by atoms with Gasteiger partial charge in [0.05, 0.1) is 17.2 Å². The first-order chi connectivity index (χ1) is 15.6. The zero-order valence-corrected chi connectivity index (χ0v) is 18.3. The van der Waals surface area contributed by atoms with Gasteiger partial charge in [-0.25, -0.2) is 0 Å². The minimum Gasteiger partial charge on any atom is -0.363 e. The van der Waals surface area contributed by atoms with Crippen LogP contribution in [0.15, 0.2) is 88.7 Å². The van der Waals surface area contributed by atoms with E-state index in [9.17, 15) is 14.9 Å². The van der Waals surface area contributed by atoms with Crippen LogP contribution in [-0.2, 0) is 4.79 Å². The monoisotopic (exact) mass is 448 g/mol. The molecule has 0 bridgehead atoms. The second-order valence-corrected chi connectivity index (χ2v) is 8.58. The summed E-state index contributed by atoms with van der Waals surface area (Å²) in [5.74, 6) is -0.0646. The SMILES string of the molecule is O=C(CN1CCN(c2ccccc2[N+](=O)[O-])CC1)Nc1ccccc1Sc1ccccc1. The number of rotatable bonds is 7.